The molecule has 0 radical (unpaired) electrons. The van der Waals surface area contributed by atoms with Gasteiger partial charge in [-0.2, -0.15) is 0 Å². The van der Waals surface area contributed by atoms with Crippen molar-refractivity contribution in [1.29, 1.82) is 0 Å². The van der Waals surface area contributed by atoms with E-state index in [4.69, 9.17) is 9.47 Å². The number of amides is 4. The number of nitrogens with zero attached hydrogens (tertiary/aromatic N) is 3. The van der Waals surface area contributed by atoms with Crippen molar-refractivity contribution in [3.63, 3.8) is 0 Å². The van der Waals surface area contributed by atoms with Crippen molar-refractivity contribution >= 4 is 56.9 Å². The average molecular weight is 611 g/mol. The number of hydrogen-bond donors (Lipinski definition) is 1. The number of non-ortho nitro benzene ring substituents is 1. The smallest absolute Gasteiger partial charge is 0.335 e. The highest BCUT2D eigenvalue weighted by Gasteiger charge is 2.37. The number of anilines is 1. The summed E-state index contributed by atoms with van der Waals surface area (Å²) in [6.07, 6.45) is 1.25. The zero-order valence-electron chi connectivity index (χ0n) is 21.1. The third kappa shape index (κ3) is 5.37. The van der Waals surface area contributed by atoms with E-state index in [1.807, 2.05) is 13.8 Å². The number of ether oxygens (including phenoxy) is 2. The lowest BCUT2D eigenvalue weighted by Gasteiger charge is -2.27. The van der Waals surface area contributed by atoms with E-state index in [-0.39, 0.29) is 33.0 Å². The highest BCUT2D eigenvalue weighted by molar-refractivity contribution is 9.10. The number of rotatable bonds is 7. The Hall–Kier alpha value is -5.11. The molecule has 0 aromatic heterocycles. The topological polar surface area (TPSA) is 171 Å². The number of nitro benzene ring substituents is 2. The quantitative estimate of drug-likeness (QED) is 0.160. The molecule has 1 N–H and O–H groups in total. The molecule has 1 heterocycles. The number of imide groups is 2. The first-order chi connectivity index (χ1) is 18.9. The van der Waals surface area contributed by atoms with Gasteiger partial charge in [0, 0.05) is 6.07 Å². The number of carbonyl (C=O) groups excluding carboxylic acids is 3. The molecule has 4 amide bonds. The predicted octanol–water partition coefficient (Wildman–Crippen LogP) is 5.35. The minimum Gasteiger partial charge on any atom is -0.493 e. The normalized spacial score (nSPS) is 14.2. The number of nitrogens with one attached hydrogen (secondary N) is 1. The maximum absolute atomic E-state index is 13.3. The Kier molecular flexibility index (Phi) is 7.63. The molecular weight excluding hydrogens is 592 g/mol. The van der Waals surface area contributed by atoms with E-state index in [1.54, 1.807) is 18.2 Å². The number of carbonyl (C=O) groups is 3. The van der Waals surface area contributed by atoms with Crippen LogP contribution in [-0.4, -0.2) is 34.8 Å². The SMILES string of the molecule is COc1cc(/C=C2\C(=O)NC(=O)N(c3ccc(C)c(C)c3)C2=O)cc(Br)c1Oc1ccc([N+](=O)[O-])cc1[N+](=O)[O-]. The molecule has 4 rings (SSSR count). The van der Waals surface area contributed by atoms with E-state index in [1.165, 1.54) is 25.3 Å². The molecule has 14 heteroatoms. The lowest BCUT2D eigenvalue weighted by Crippen LogP contribution is -2.54. The van der Waals surface area contributed by atoms with Gasteiger partial charge in [0.15, 0.2) is 11.5 Å². The zero-order chi connectivity index (χ0) is 29.3. The van der Waals surface area contributed by atoms with Gasteiger partial charge >= 0.3 is 11.7 Å². The summed E-state index contributed by atoms with van der Waals surface area (Å²) in [5, 5.41) is 24.7. The average Bonchev–Trinajstić information content (AvgIpc) is 2.89. The third-order valence-electron chi connectivity index (χ3n) is 5.98. The molecule has 0 aliphatic carbocycles. The number of halogens is 1. The fourth-order valence-electron chi connectivity index (χ4n) is 3.80. The molecule has 40 heavy (non-hydrogen) atoms. The Morgan fingerprint density at radius 1 is 0.925 bits per heavy atom. The Bertz CT molecular complexity index is 1650. The van der Waals surface area contributed by atoms with Crippen molar-refractivity contribution in [3.8, 4) is 17.2 Å². The van der Waals surface area contributed by atoms with E-state index in [0.29, 0.717) is 5.56 Å². The van der Waals surface area contributed by atoms with Crippen LogP contribution in [0.4, 0.5) is 21.9 Å². The minimum absolute atomic E-state index is 0.00652. The summed E-state index contributed by atoms with van der Waals surface area (Å²) in [5.74, 6) is -1.97. The first-order valence-electron chi connectivity index (χ1n) is 11.4. The van der Waals surface area contributed by atoms with Gasteiger partial charge in [0.1, 0.15) is 5.57 Å². The van der Waals surface area contributed by atoms with Crippen LogP contribution in [0.3, 0.4) is 0 Å². The lowest BCUT2D eigenvalue weighted by molar-refractivity contribution is -0.394. The molecule has 1 fully saturated rings. The van der Waals surface area contributed by atoms with Gasteiger partial charge in [0.05, 0.1) is 33.2 Å². The summed E-state index contributed by atoms with van der Waals surface area (Å²) in [6.45, 7) is 3.70. The van der Waals surface area contributed by atoms with Gasteiger partial charge in [-0.3, -0.25) is 35.1 Å². The number of barbiturate groups is 1. The van der Waals surface area contributed by atoms with Crippen LogP contribution < -0.4 is 19.7 Å². The number of benzene rings is 3. The summed E-state index contributed by atoms with van der Waals surface area (Å²) in [6, 6.07) is 9.88. The number of methoxy groups -OCH3 is 1. The molecule has 3 aromatic rings. The minimum atomic E-state index is -0.896. The summed E-state index contributed by atoms with van der Waals surface area (Å²) in [5.41, 5.74) is 0.923. The Morgan fingerprint density at radius 3 is 2.27 bits per heavy atom. The van der Waals surface area contributed by atoms with E-state index in [0.717, 1.165) is 34.2 Å². The summed E-state index contributed by atoms with van der Waals surface area (Å²) in [7, 11) is 1.30. The van der Waals surface area contributed by atoms with E-state index >= 15 is 0 Å². The van der Waals surface area contributed by atoms with Crippen LogP contribution in [0.25, 0.3) is 6.08 Å². The fraction of sp³-hybridized carbons (Fsp3) is 0.115. The van der Waals surface area contributed by atoms with Crippen LogP contribution in [0.5, 0.6) is 17.2 Å². The molecule has 13 nitrogen and oxygen atoms in total. The van der Waals surface area contributed by atoms with Crippen molar-refractivity contribution in [3.05, 3.63) is 95.5 Å². The second-order valence-corrected chi connectivity index (χ2v) is 9.38. The highest BCUT2D eigenvalue weighted by atomic mass is 79.9. The Labute approximate surface area is 234 Å². The van der Waals surface area contributed by atoms with E-state index in [9.17, 15) is 34.6 Å². The van der Waals surface area contributed by atoms with Crippen LogP contribution in [0.2, 0.25) is 0 Å². The molecule has 0 bridgehead atoms. The highest BCUT2D eigenvalue weighted by Crippen LogP contribution is 2.43. The molecule has 0 saturated carbocycles. The second-order valence-electron chi connectivity index (χ2n) is 8.53. The lowest BCUT2D eigenvalue weighted by atomic mass is 10.0. The Morgan fingerprint density at radius 2 is 1.65 bits per heavy atom. The van der Waals surface area contributed by atoms with Crippen LogP contribution in [0.1, 0.15) is 16.7 Å². The van der Waals surface area contributed by atoms with Crippen LogP contribution >= 0.6 is 15.9 Å². The molecule has 0 atom stereocenters. The van der Waals surface area contributed by atoms with Gasteiger partial charge in [0.25, 0.3) is 17.5 Å². The molecule has 1 aliphatic heterocycles. The standard InChI is InChI=1S/C26H19BrN4O9/c1-13-4-5-16(8-14(13)2)29-25(33)18(24(32)28-26(29)34)9-15-10-19(27)23(22(11-15)39-3)40-21-7-6-17(30(35)36)12-20(21)31(37)38/h4-12H,1-3H3,(H,28,32,34)/b18-9+. The van der Waals surface area contributed by atoms with E-state index in [2.05, 4.69) is 21.2 Å². The van der Waals surface area contributed by atoms with Crippen LogP contribution in [0.15, 0.2) is 58.6 Å². The number of hydrogen-bond acceptors (Lipinski definition) is 9. The maximum atomic E-state index is 13.3. The molecule has 1 aliphatic rings. The molecule has 0 unspecified atom stereocenters. The van der Waals surface area contributed by atoms with Crippen LogP contribution in [0, 0.1) is 34.1 Å². The van der Waals surface area contributed by atoms with Crippen molar-refractivity contribution in [2.45, 2.75) is 13.8 Å². The summed E-state index contributed by atoms with van der Waals surface area (Å²) in [4.78, 5) is 60.2. The summed E-state index contributed by atoms with van der Waals surface area (Å²) >= 11 is 3.30. The number of urea groups is 1. The number of aryl methyl sites for hydroxylation is 2. The third-order valence-corrected chi connectivity index (χ3v) is 6.56. The van der Waals surface area contributed by atoms with Crippen molar-refractivity contribution in [2.75, 3.05) is 12.0 Å². The molecule has 1 saturated heterocycles. The first kappa shape index (κ1) is 27.9. The predicted molar refractivity (Wildman–Crippen MR) is 145 cm³/mol. The number of nitro groups is 2. The van der Waals surface area contributed by atoms with Gasteiger partial charge < -0.3 is 9.47 Å². The van der Waals surface area contributed by atoms with Gasteiger partial charge in [-0.1, -0.05) is 6.07 Å². The van der Waals surface area contributed by atoms with Crippen LogP contribution in [-0.2, 0) is 9.59 Å². The first-order valence-corrected chi connectivity index (χ1v) is 12.2. The monoisotopic (exact) mass is 610 g/mol. The van der Waals surface area contributed by atoms with E-state index < -0.39 is 39.1 Å². The second kappa shape index (κ2) is 10.9. The van der Waals surface area contributed by atoms with Gasteiger partial charge in [-0.05, 0) is 82.9 Å². The fourth-order valence-corrected chi connectivity index (χ4v) is 4.34. The molecule has 0 spiro atoms. The largest absolute Gasteiger partial charge is 0.493 e. The molecular formula is C26H19BrN4O9. The van der Waals surface area contributed by atoms with Crippen molar-refractivity contribution < 1.29 is 33.7 Å². The van der Waals surface area contributed by atoms with Crippen molar-refractivity contribution in [1.82, 2.24) is 5.32 Å². The maximum Gasteiger partial charge on any atom is 0.335 e. The van der Waals surface area contributed by atoms with Gasteiger partial charge in [-0.15, -0.1) is 0 Å². The molecule has 204 valence electrons. The van der Waals surface area contributed by atoms with Gasteiger partial charge in [0.2, 0.25) is 5.75 Å². The summed E-state index contributed by atoms with van der Waals surface area (Å²) < 4.78 is 11.3. The zero-order valence-corrected chi connectivity index (χ0v) is 22.7. The molecule has 3 aromatic carbocycles. The van der Waals surface area contributed by atoms with Crippen molar-refractivity contribution in [2.24, 2.45) is 0 Å². The van der Waals surface area contributed by atoms with Gasteiger partial charge in [-0.25, -0.2) is 9.69 Å². The Balaban J connectivity index is 1.72.